The van der Waals surface area contributed by atoms with Gasteiger partial charge < -0.3 is 0 Å². The predicted octanol–water partition coefficient (Wildman–Crippen LogP) is 3.86. The average molecular weight is 289 g/mol. The van der Waals surface area contributed by atoms with Crippen LogP contribution in [0.2, 0.25) is 5.02 Å². The first-order valence-electron chi connectivity index (χ1n) is 7.05. The van der Waals surface area contributed by atoms with Crippen molar-refractivity contribution < 1.29 is 4.79 Å². The smallest absolute Gasteiger partial charge is 0.189 e. The van der Waals surface area contributed by atoms with E-state index in [1.165, 1.54) is 5.56 Å². The third kappa shape index (κ3) is 2.16. The summed E-state index contributed by atoms with van der Waals surface area (Å²) in [4.78, 5) is 12.8. The van der Waals surface area contributed by atoms with Crippen LogP contribution in [0.25, 0.3) is 0 Å². The number of carbonyl (C=O) groups excluding carboxylic acids is 1. The summed E-state index contributed by atoms with van der Waals surface area (Å²) in [5, 5.41) is 4.68. The molecule has 0 saturated heterocycles. The number of nitrogens with zero attached hydrogens (tertiary/aromatic N) is 2. The van der Waals surface area contributed by atoms with Crippen LogP contribution in [-0.2, 0) is 13.0 Å². The second-order valence-electron chi connectivity index (χ2n) is 5.22. The summed E-state index contributed by atoms with van der Waals surface area (Å²) in [5.74, 6) is 0.0295. The molecule has 0 fully saturated rings. The van der Waals surface area contributed by atoms with E-state index in [1.807, 2.05) is 12.1 Å². The molecule has 4 heteroatoms. The minimum atomic E-state index is -0.0731. The summed E-state index contributed by atoms with van der Waals surface area (Å²) in [6, 6.07) is 8.18. The van der Waals surface area contributed by atoms with E-state index in [9.17, 15) is 4.79 Å². The van der Waals surface area contributed by atoms with Crippen LogP contribution in [0, 0.1) is 0 Å². The molecular formula is C16H17ClN2O. The molecule has 0 radical (unpaired) electrons. The van der Waals surface area contributed by atoms with Gasteiger partial charge in [-0.2, -0.15) is 5.10 Å². The van der Waals surface area contributed by atoms with Crippen molar-refractivity contribution in [3.05, 3.63) is 52.3 Å². The molecule has 104 valence electrons. The fraction of sp³-hybridized carbons (Fsp3) is 0.375. The molecule has 3 nitrogen and oxygen atoms in total. The predicted molar refractivity (Wildman–Crippen MR) is 79.4 cm³/mol. The Balaban J connectivity index is 1.97. The van der Waals surface area contributed by atoms with Gasteiger partial charge in [0.05, 0.1) is 11.2 Å². The third-order valence-electron chi connectivity index (χ3n) is 3.91. The van der Waals surface area contributed by atoms with Gasteiger partial charge in [0.2, 0.25) is 0 Å². The van der Waals surface area contributed by atoms with E-state index in [0.717, 1.165) is 31.4 Å². The van der Waals surface area contributed by atoms with E-state index in [4.69, 9.17) is 11.6 Å². The van der Waals surface area contributed by atoms with Crippen molar-refractivity contribution in [3.63, 3.8) is 0 Å². The van der Waals surface area contributed by atoms with Gasteiger partial charge >= 0.3 is 0 Å². The van der Waals surface area contributed by atoms with Crippen LogP contribution in [0.3, 0.4) is 0 Å². The Morgan fingerprint density at radius 2 is 2.25 bits per heavy atom. The lowest BCUT2D eigenvalue weighted by atomic mass is 9.95. The van der Waals surface area contributed by atoms with Gasteiger partial charge in [-0.1, -0.05) is 42.8 Å². The van der Waals surface area contributed by atoms with E-state index < -0.39 is 0 Å². The normalized spacial score (nSPS) is 17.2. The molecular weight excluding hydrogens is 272 g/mol. The van der Waals surface area contributed by atoms with Gasteiger partial charge in [-0.25, -0.2) is 0 Å². The summed E-state index contributed by atoms with van der Waals surface area (Å²) in [6.07, 6.45) is 4.34. The zero-order valence-electron chi connectivity index (χ0n) is 11.5. The standard InChI is InChI=1S/C16H17ClN2O/c1-2-9-19-15(14(17)10-18-19)16(20)13-8-7-11-5-3-4-6-12(11)13/h3-6,10,13H,2,7-9H2,1H3. The van der Waals surface area contributed by atoms with Crippen LogP contribution in [0.4, 0.5) is 0 Å². The van der Waals surface area contributed by atoms with Gasteiger partial charge in [0.15, 0.2) is 5.78 Å². The highest BCUT2D eigenvalue weighted by molar-refractivity contribution is 6.33. The van der Waals surface area contributed by atoms with Crippen LogP contribution in [0.1, 0.15) is 47.3 Å². The van der Waals surface area contributed by atoms with E-state index in [1.54, 1.807) is 10.9 Å². The molecule has 0 bridgehead atoms. The summed E-state index contributed by atoms with van der Waals surface area (Å²) in [6.45, 7) is 2.79. The fourth-order valence-electron chi connectivity index (χ4n) is 2.98. The first-order chi connectivity index (χ1) is 9.72. The second kappa shape index (κ2) is 5.41. The number of carbonyl (C=O) groups is 1. The van der Waals surface area contributed by atoms with Gasteiger partial charge in [-0.15, -0.1) is 0 Å². The molecule has 0 N–H and O–H groups in total. The number of halogens is 1. The highest BCUT2D eigenvalue weighted by Crippen LogP contribution is 2.36. The van der Waals surface area contributed by atoms with Crippen LogP contribution in [-0.4, -0.2) is 15.6 Å². The number of fused-ring (bicyclic) bond motifs is 1. The molecule has 1 heterocycles. The number of hydrogen-bond donors (Lipinski definition) is 0. The highest BCUT2D eigenvalue weighted by Gasteiger charge is 2.32. The van der Waals surface area contributed by atoms with Gasteiger partial charge in [0, 0.05) is 12.5 Å². The molecule has 1 unspecified atom stereocenters. The van der Waals surface area contributed by atoms with Gasteiger partial charge in [0.25, 0.3) is 0 Å². The number of benzene rings is 1. The average Bonchev–Trinajstić information content (AvgIpc) is 3.03. The Bertz CT molecular complexity index is 648. The summed E-state index contributed by atoms with van der Waals surface area (Å²) < 4.78 is 1.74. The Hall–Kier alpha value is -1.61. The summed E-state index contributed by atoms with van der Waals surface area (Å²) in [5.41, 5.74) is 3.00. The lowest BCUT2D eigenvalue weighted by Gasteiger charge is -2.12. The van der Waals surface area contributed by atoms with E-state index in [0.29, 0.717) is 10.7 Å². The van der Waals surface area contributed by atoms with E-state index in [2.05, 4.69) is 24.2 Å². The van der Waals surface area contributed by atoms with Crippen LogP contribution >= 0.6 is 11.6 Å². The molecule has 20 heavy (non-hydrogen) atoms. The number of aromatic nitrogens is 2. The Kier molecular flexibility index (Phi) is 3.62. The SMILES string of the molecule is CCCn1ncc(Cl)c1C(=O)C1CCc2ccccc21. The molecule has 1 aliphatic rings. The lowest BCUT2D eigenvalue weighted by Crippen LogP contribution is -2.16. The molecule has 0 amide bonds. The molecule has 2 aromatic rings. The molecule has 1 aromatic carbocycles. The topological polar surface area (TPSA) is 34.9 Å². The van der Waals surface area contributed by atoms with Crippen LogP contribution in [0.15, 0.2) is 30.5 Å². The molecule has 0 spiro atoms. The molecule has 3 rings (SSSR count). The van der Waals surface area contributed by atoms with E-state index >= 15 is 0 Å². The van der Waals surface area contributed by atoms with Crippen molar-refractivity contribution in [2.75, 3.05) is 0 Å². The van der Waals surface area contributed by atoms with Crippen molar-refractivity contribution >= 4 is 17.4 Å². The zero-order chi connectivity index (χ0) is 14.1. The minimum Gasteiger partial charge on any atom is -0.292 e. The first kappa shape index (κ1) is 13.4. The van der Waals surface area contributed by atoms with E-state index in [-0.39, 0.29) is 11.7 Å². The number of aryl methyl sites for hydroxylation is 2. The van der Waals surface area contributed by atoms with Gasteiger partial charge in [-0.05, 0) is 30.4 Å². The number of hydrogen-bond acceptors (Lipinski definition) is 2. The van der Waals surface area contributed by atoms with Crippen molar-refractivity contribution in [3.8, 4) is 0 Å². The number of ketones is 1. The Morgan fingerprint density at radius 3 is 3.05 bits per heavy atom. The molecule has 0 saturated carbocycles. The molecule has 1 aromatic heterocycles. The summed E-state index contributed by atoms with van der Waals surface area (Å²) in [7, 11) is 0. The minimum absolute atomic E-state index is 0.0731. The van der Waals surface area contributed by atoms with Crippen LogP contribution in [0.5, 0.6) is 0 Å². The summed E-state index contributed by atoms with van der Waals surface area (Å²) >= 11 is 6.18. The quantitative estimate of drug-likeness (QED) is 0.801. The molecule has 1 atom stereocenters. The Morgan fingerprint density at radius 1 is 1.45 bits per heavy atom. The maximum absolute atomic E-state index is 12.8. The zero-order valence-corrected chi connectivity index (χ0v) is 12.2. The third-order valence-corrected chi connectivity index (χ3v) is 4.19. The first-order valence-corrected chi connectivity index (χ1v) is 7.43. The van der Waals surface area contributed by atoms with Crippen molar-refractivity contribution in [1.82, 2.24) is 9.78 Å². The Labute approximate surface area is 123 Å². The van der Waals surface area contributed by atoms with Crippen molar-refractivity contribution in [2.45, 2.75) is 38.6 Å². The maximum Gasteiger partial charge on any atom is 0.189 e. The van der Waals surface area contributed by atoms with Gasteiger partial charge in [-0.3, -0.25) is 9.48 Å². The largest absolute Gasteiger partial charge is 0.292 e. The molecule has 1 aliphatic carbocycles. The fourth-order valence-corrected chi connectivity index (χ4v) is 3.22. The highest BCUT2D eigenvalue weighted by atomic mass is 35.5. The van der Waals surface area contributed by atoms with Crippen molar-refractivity contribution in [1.29, 1.82) is 0 Å². The maximum atomic E-state index is 12.8. The lowest BCUT2D eigenvalue weighted by molar-refractivity contribution is 0.0949. The van der Waals surface area contributed by atoms with Crippen molar-refractivity contribution in [2.24, 2.45) is 0 Å². The van der Waals surface area contributed by atoms with Gasteiger partial charge in [0.1, 0.15) is 5.69 Å². The number of rotatable bonds is 4. The second-order valence-corrected chi connectivity index (χ2v) is 5.63. The van der Waals surface area contributed by atoms with Crippen LogP contribution < -0.4 is 0 Å². The number of Topliss-reactive ketones (excluding diaryl/α,β-unsaturated/α-hetero) is 1. The molecule has 0 aliphatic heterocycles. The monoisotopic (exact) mass is 288 g/mol.